The minimum atomic E-state index is -8.38. The van der Waals surface area contributed by atoms with Gasteiger partial charge in [-0.15, -0.1) is 0 Å². The second kappa shape index (κ2) is 10.9. The number of rotatable bonds is 15. The highest BCUT2D eigenvalue weighted by molar-refractivity contribution is 6.32. The van der Waals surface area contributed by atoms with E-state index in [9.17, 15) is 70.9 Å². The molecule has 0 saturated heterocycles. The van der Waals surface area contributed by atoms with E-state index in [1.807, 2.05) is 6.92 Å². The molecule has 3 nitrogen and oxygen atoms in total. The van der Waals surface area contributed by atoms with Crippen molar-refractivity contribution in [3.63, 3.8) is 0 Å². The van der Waals surface area contributed by atoms with Crippen LogP contribution in [0.5, 0.6) is 0 Å². The molecular weight excluding hydrogens is 524 g/mol. The molecule has 0 aromatic rings. The van der Waals surface area contributed by atoms with Gasteiger partial charge in [0.2, 0.25) is 0 Å². The summed E-state index contributed by atoms with van der Waals surface area (Å²) in [5, 5.41) is 11.1. The van der Waals surface area contributed by atoms with Crippen LogP contribution in [-0.4, -0.2) is 62.2 Å². The third kappa shape index (κ3) is 6.17. The van der Waals surface area contributed by atoms with Gasteiger partial charge in [-0.3, -0.25) is 0 Å². The van der Waals surface area contributed by atoms with E-state index in [2.05, 4.69) is 9.31 Å². The Labute approximate surface area is 182 Å². The van der Waals surface area contributed by atoms with Gasteiger partial charge in [0, 0.05) is 6.61 Å². The first kappa shape index (κ1) is 32.9. The first-order valence-electron chi connectivity index (χ1n) is 9.18. The van der Waals surface area contributed by atoms with Crippen molar-refractivity contribution in [2.75, 3.05) is 13.2 Å². The molecule has 0 bridgehead atoms. The van der Waals surface area contributed by atoms with Crippen molar-refractivity contribution < 1.29 is 80.2 Å². The zero-order valence-corrected chi connectivity index (χ0v) is 16.9. The number of hydrogen-bond acceptors (Lipinski definition) is 3. The smallest absolute Gasteiger partial charge is 0.460 e. The minimum Gasteiger partial charge on any atom is -0.832 e. The summed E-state index contributed by atoms with van der Waals surface area (Å²) in [6.45, 7) is -1.83. The summed E-state index contributed by atoms with van der Waals surface area (Å²) in [5.41, 5.74) is 0. The molecular formula is C15H17BF15O3-. The van der Waals surface area contributed by atoms with E-state index in [-0.39, 0.29) is 6.42 Å². The first-order chi connectivity index (χ1) is 15.0. The standard InChI is InChI=1S/C15H17BF15O3/c1-2-3-4-5-6-7-33-16(32)34-8-9(17,18)10(19,20)11(21,22)12(23,24)13(25,26)14(27,28)15(29,30)31/h2-8H2,1H3/q-1. The maximum Gasteiger partial charge on any atom is 0.460 e. The average Bonchev–Trinajstić information content (AvgIpc) is 2.67. The van der Waals surface area contributed by atoms with Gasteiger partial charge in [-0.1, -0.05) is 32.6 Å². The highest BCUT2D eigenvalue weighted by Gasteiger charge is 2.93. The monoisotopic (exact) mass is 541 g/mol. The van der Waals surface area contributed by atoms with Gasteiger partial charge in [0.15, 0.2) is 0 Å². The molecule has 0 heterocycles. The van der Waals surface area contributed by atoms with Crippen LogP contribution in [0, 0.1) is 0 Å². The lowest BCUT2D eigenvalue weighted by Gasteiger charge is -2.41. The van der Waals surface area contributed by atoms with E-state index in [0.29, 0.717) is 12.8 Å². The average molecular weight is 541 g/mol. The molecule has 0 unspecified atom stereocenters. The van der Waals surface area contributed by atoms with Crippen LogP contribution in [0.4, 0.5) is 65.9 Å². The van der Waals surface area contributed by atoms with Crippen LogP contribution in [-0.2, 0) is 9.31 Å². The normalized spacial score (nSPS) is 15.1. The van der Waals surface area contributed by atoms with Crippen LogP contribution in [0.1, 0.15) is 39.0 Å². The fourth-order valence-electron chi connectivity index (χ4n) is 2.20. The third-order valence-electron chi connectivity index (χ3n) is 4.30. The molecule has 0 atom stereocenters. The number of hydrogen-bond donors (Lipinski definition) is 0. The van der Waals surface area contributed by atoms with Gasteiger partial charge < -0.3 is 14.3 Å². The fourth-order valence-corrected chi connectivity index (χ4v) is 2.20. The van der Waals surface area contributed by atoms with E-state index in [1.54, 1.807) is 0 Å². The summed E-state index contributed by atoms with van der Waals surface area (Å²) in [6.07, 6.45) is -4.86. The van der Waals surface area contributed by atoms with Crippen LogP contribution >= 0.6 is 0 Å². The van der Waals surface area contributed by atoms with Gasteiger partial charge in [0.1, 0.15) is 6.61 Å². The van der Waals surface area contributed by atoms with Crippen LogP contribution in [0.25, 0.3) is 0 Å². The van der Waals surface area contributed by atoms with Crippen molar-refractivity contribution in [3.05, 3.63) is 0 Å². The molecule has 0 aromatic heterocycles. The van der Waals surface area contributed by atoms with Crippen molar-refractivity contribution in [1.29, 1.82) is 0 Å². The van der Waals surface area contributed by atoms with Crippen molar-refractivity contribution in [3.8, 4) is 0 Å². The topological polar surface area (TPSA) is 41.5 Å². The van der Waals surface area contributed by atoms with E-state index in [1.165, 1.54) is 0 Å². The quantitative estimate of drug-likeness (QED) is 0.152. The van der Waals surface area contributed by atoms with Crippen molar-refractivity contribution in [2.45, 2.75) is 80.7 Å². The van der Waals surface area contributed by atoms with Crippen LogP contribution < -0.4 is 5.02 Å². The summed E-state index contributed by atoms with van der Waals surface area (Å²) < 4.78 is 203. The Morgan fingerprint density at radius 3 is 1.41 bits per heavy atom. The zero-order valence-electron chi connectivity index (χ0n) is 16.9. The van der Waals surface area contributed by atoms with E-state index < -0.39 is 62.2 Å². The summed E-state index contributed by atoms with van der Waals surface area (Å²) in [6, 6.07) is 0. The Morgan fingerprint density at radius 2 is 0.971 bits per heavy atom. The molecule has 0 aromatic carbocycles. The maximum atomic E-state index is 13.5. The van der Waals surface area contributed by atoms with Crippen LogP contribution in [0.2, 0.25) is 0 Å². The fraction of sp³-hybridized carbons (Fsp3) is 1.00. The molecule has 204 valence electrons. The van der Waals surface area contributed by atoms with Gasteiger partial charge in [-0.25, -0.2) is 0 Å². The molecule has 0 aliphatic rings. The molecule has 34 heavy (non-hydrogen) atoms. The molecule has 0 aliphatic heterocycles. The predicted octanol–water partition coefficient (Wildman–Crippen LogP) is 5.71. The number of alkyl halides is 15. The lowest BCUT2D eigenvalue weighted by Crippen LogP contribution is -2.73. The summed E-state index contributed by atoms with van der Waals surface area (Å²) in [7, 11) is -3.07. The van der Waals surface area contributed by atoms with E-state index >= 15 is 0 Å². The Kier molecular flexibility index (Phi) is 10.5. The molecule has 0 spiro atoms. The molecule has 0 aliphatic carbocycles. The van der Waals surface area contributed by atoms with Gasteiger partial charge in [-0.05, 0) is 6.42 Å². The van der Waals surface area contributed by atoms with Crippen molar-refractivity contribution in [2.24, 2.45) is 0 Å². The zero-order chi connectivity index (χ0) is 27.4. The van der Waals surface area contributed by atoms with Gasteiger partial charge in [0.25, 0.3) is 0 Å². The molecule has 0 rings (SSSR count). The molecule has 0 fully saturated rings. The molecule has 0 saturated carbocycles. The summed E-state index contributed by atoms with van der Waals surface area (Å²) in [5.74, 6) is -47.3. The number of unbranched alkanes of at least 4 members (excludes halogenated alkanes) is 4. The lowest BCUT2D eigenvalue weighted by atomic mass is 9.91. The van der Waals surface area contributed by atoms with E-state index in [4.69, 9.17) is 0 Å². The third-order valence-corrected chi connectivity index (χ3v) is 4.30. The lowest BCUT2D eigenvalue weighted by molar-refractivity contribution is -0.453. The minimum absolute atomic E-state index is 0.126. The molecule has 0 radical (unpaired) electrons. The number of halogens is 15. The largest absolute Gasteiger partial charge is 0.832 e. The van der Waals surface area contributed by atoms with Crippen LogP contribution in [0.15, 0.2) is 0 Å². The molecule has 19 heteroatoms. The Bertz CT molecular complexity index is 639. The first-order valence-corrected chi connectivity index (χ1v) is 9.18. The molecule has 0 amide bonds. The maximum absolute atomic E-state index is 13.5. The molecule has 0 N–H and O–H groups in total. The Balaban J connectivity index is 5.56. The second-order valence-electron chi connectivity index (χ2n) is 6.96. The summed E-state index contributed by atoms with van der Waals surface area (Å²) in [4.78, 5) is 0. The van der Waals surface area contributed by atoms with Crippen LogP contribution in [0.3, 0.4) is 0 Å². The Hall–Kier alpha value is -1.11. The highest BCUT2D eigenvalue weighted by atomic mass is 19.4. The van der Waals surface area contributed by atoms with Gasteiger partial charge in [0.05, 0.1) is 0 Å². The Morgan fingerprint density at radius 1 is 0.559 bits per heavy atom. The van der Waals surface area contributed by atoms with Crippen molar-refractivity contribution in [1.82, 2.24) is 0 Å². The highest BCUT2D eigenvalue weighted by Crippen LogP contribution is 2.62. The second-order valence-corrected chi connectivity index (χ2v) is 6.96. The SMILES string of the molecule is CCCCCCCOB([O-])OCC(F)(F)C(F)(F)C(F)(F)C(F)(F)C(F)(F)C(F)(F)C(F)(F)F. The summed E-state index contributed by atoms with van der Waals surface area (Å²) >= 11 is 0. The van der Waals surface area contributed by atoms with Gasteiger partial charge in [-0.2, -0.15) is 65.9 Å². The van der Waals surface area contributed by atoms with Gasteiger partial charge >= 0.3 is 49.0 Å². The van der Waals surface area contributed by atoms with E-state index in [0.717, 1.165) is 12.8 Å². The van der Waals surface area contributed by atoms with Crippen molar-refractivity contribution >= 4 is 7.32 Å². The predicted molar refractivity (Wildman–Crippen MR) is 82.2 cm³/mol.